The minimum absolute atomic E-state index is 0.0577. The zero-order chi connectivity index (χ0) is 14.1. The van der Waals surface area contributed by atoms with Crippen LogP contribution < -0.4 is 14.8 Å². The zero-order valence-corrected chi connectivity index (χ0v) is 12.4. The molecular weight excluding hydrogens is 325 g/mol. The summed E-state index contributed by atoms with van der Waals surface area (Å²) in [7, 11) is 0. The fraction of sp³-hybridized carbons (Fsp3) is 0.200. The molecule has 0 aliphatic carbocycles. The number of fused-ring (bicyclic) bond motifs is 1. The molecule has 1 atom stereocenters. The molecule has 0 bridgehead atoms. The third kappa shape index (κ3) is 2.45. The molecule has 1 heterocycles. The average Bonchev–Trinajstić information content (AvgIpc) is 2.90. The number of ether oxygens (including phenoxy) is 2. The maximum Gasteiger partial charge on any atom is 0.231 e. The van der Waals surface area contributed by atoms with Gasteiger partial charge in [0.2, 0.25) is 6.79 Å². The molecule has 1 unspecified atom stereocenters. The van der Waals surface area contributed by atoms with Gasteiger partial charge in [-0.05, 0) is 52.7 Å². The van der Waals surface area contributed by atoms with E-state index in [2.05, 4.69) is 21.2 Å². The van der Waals surface area contributed by atoms with Gasteiger partial charge in [-0.25, -0.2) is 4.39 Å². The third-order valence-corrected chi connectivity index (χ3v) is 3.88. The molecule has 1 N–H and O–H groups in total. The molecule has 104 valence electrons. The van der Waals surface area contributed by atoms with E-state index in [-0.39, 0.29) is 18.7 Å². The average molecular weight is 338 g/mol. The van der Waals surface area contributed by atoms with E-state index in [1.54, 1.807) is 12.1 Å². The van der Waals surface area contributed by atoms with Gasteiger partial charge in [-0.1, -0.05) is 12.1 Å². The summed E-state index contributed by atoms with van der Waals surface area (Å²) >= 11 is 3.35. The molecule has 0 aromatic heterocycles. The molecule has 3 rings (SSSR count). The van der Waals surface area contributed by atoms with Crippen molar-refractivity contribution in [3.8, 4) is 11.5 Å². The molecule has 0 fully saturated rings. The van der Waals surface area contributed by atoms with Crippen molar-refractivity contribution in [3.63, 3.8) is 0 Å². The van der Waals surface area contributed by atoms with Crippen LogP contribution in [0.3, 0.4) is 0 Å². The molecule has 0 spiro atoms. The number of halogens is 2. The lowest BCUT2D eigenvalue weighted by molar-refractivity contribution is 0.174. The molecule has 2 aromatic carbocycles. The normalized spacial score (nSPS) is 14.2. The highest BCUT2D eigenvalue weighted by molar-refractivity contribution is 9.10. The lowest BCUT2D eigenvalue weighted by atomic mass is 10.1. The highest BCUT2D eigenvalue weighted by Gasteiger charge is 2.17. The SMILES string of the molecule is CC(Nc1c(F)cccc1Br)c1ccc2c(c1)OCO2. The van der Waals surface area contributed by atoms with E-state index < -0.39 is 0 Å². The predicted octanol–water partition coefficient (Wildman–Crippen LogP) is 4.49. The van der Waals surface area contributed by atoms with Crippen molar-refractivity contribution in [1.29, 1.82) is 0 Å². The lowest BCUT2D eigenvalue weighted by Gasteiger charge is -2.17. The smallest absolute Gasteiger partial charge is 0.231 e. The molecule has 20 heavy (non-hydrogen) atoms. The second-order valence-electron chi connectivity index (χ2n) is 4.58. The predicted molar refractivity (Wildman–Crippen MR) is 78.7 cm³/mol. The van der Waals surface area contributed by atoms with E-state index in [0.29, 0.717) is 10.2 Å². The quantitative estimate of drug-likeness (QED) is 0.894. The zero-order valence-electron chi connectivity index (χ0n) is 10.8. The maximum absolute atomic E-state index is 13.8. The van der Waals surface area contributed by atoms with Gasteiger partial charge in [-0.3, -0.25) is 0 Å². The van der Waals surface area contributed by atoms with Crippen LogP contribution in [0.25, 0.3) is 0 Å². The largest absolute Gasteiger partial charge is 0.454 e. The van der Waals surface area contributed by atoms with E-state index in [9.17, 15) is 4.39 Å². The summed E-state index contributed by atoms with van der Waals surface area (Å²) < 4.78 is 25.1. The third-order valence-electron chi connectivity index (χ3n) is 3.22. The summed E-state index contributed by atoms with van der Waals surface area (Å²) in [6.07, 6.45) is 0. The molecule has 0 amide bonds. The van der Waals surface area contributed by atoms with E-state index in [0.717, 1.165) is 17.1 Å². The van der Waals surface area contributed by atoms with E-state index in [1.165, 1.54) is 6.07 Å². The van der Waals surface area contributed by atoms with Crippen LogP contribution in [0.1, 0.15) is 18.5 Å². The van der Waals surface area contributed by atoms with Crippen molar-refractivity contribution in [2.45, 2.75) is 13.0 Å². The summed E-state index contributed by atoms with van der Waals surface area (Å²) in [5.41, 5.74) is 1.46. The van der Waals surface area contributed by atoms with Crippen molar-refractivity contribution >= 4 is 21.6 Å². The second kappa shape index (κ2) is 5.32. The maximum atomic E-state index is 13.8. The number of benzene rings is 2. The Bertz CT molecular complexity index is 628. The fourth-order valence-corrected chi connectivity index (χ4v) is 2.57. The van der Waals surface area contributed by atoms with Gasteiger partial charge in [-0.15, -0.1) is 0 Å². The van der Waals surface area contributed by atoms with Crippen LogP contribution in [0.4, 0.5) is 10.1 Å². The Kier molecular flexibility index (Phi) is 3.53. The summed E-state index contributed by atoms with van der Waals surface area (Å²) in [5.74, 6) is 1.18. The lowest BCUT2D eigenvalue weighted by Crippen LogP contribution is -2.08. The molecule has 1 aliphatic heterocycles. The van der Waals surface area contributed by atoms with E-state index in [4.69, 9.17) is 9.47 Å². The number of nitrogens with one attached hydrogen (secondary N) is 1. The summed E-state index contributed by atoms with van der Waals surface area (Å²) in [5, 5.41) is 3.17. The molecule has 1 aliphatic rings. The Balaban J connectivity index is 1.84. The van der Waals surface area contributed by atoms with Crippen LogP contribution in [-0.2, 0) is 0 Å². The van der Waals surface area contributed by atoms with Gasteiger partial charge in [0.15, 0.2) is 11.5 Å². The van der Waals surface area contributed by atoms with Crippen molar-refractivity contribution in [2.24, 2.45) is 0 Å². The Labute approximate surface area is 124 Å². The summed E-state index contributed by atoms with van der Waals surface area (Å²) in [4.78, 5) is 0. The van der Waals surface area contributed by atoms with E-state index >= 15 is 0 Å². The Hall–Kier alpha value is -1.75. The van der Waals surface area contributed by atoms with Gasteiger partial charge in [0.05, 0.1) is 5.69 Å². The monoisotopic (exact) mass is 337 g/mol. The van der Waals surface area contributed by atoms with Crippen LogP contribution in [-0.4, -0.2) is 6.79 Å². The second-order valence-corrected chi connectivity index (χ2v) is 5.43. The molecule has 5 heteroatoms. The number of hydrogen-bond acceptors (Lipinski definition) is 3. The fourth-order valence-electron chi connectivity index (χ4n) is 2.12. The Morgan fingerprint density at radius 1 is 1.20 bits per heavy atom. The van der Waals surface area contributed by atoms with Crippen molar-refractivity contribution in [1.82, 2.24) is 0 Å². The molecule has 0 saturated carbocycles. The van der Waals surface area contributed by atoms with Crippen molar-refractivity contribution in [2.75, 3.05) is 12.1 Å². The first-order chi connectivity index (χ1) is 9.65. The van der Waals surface area contributed by atoms with Gasteiger partial charge in [0, 0.05) is 10.5 Å². The minimum atomic E-state index is -0.285. The molecule has 2 aromatic rings. The highest BCUT2D eigenvalue weighted by Crippen LogP contribution is 2.35. The number of anilines is 1. The van der Waals surface area contributed by atoms with Gasteiger partial charge in [0.1, 0.15) is 5.82 Å². The van der Waals surface area contributed by atoms with Crippen LogP contribution in [0.15, 0.2) is 40.9 Å². The van der Waals surface area contributed by atoms with Crippen molar-refractivity contribution in [3.05, 3.63) is 52.3 Å². The standard InChI is InChI=1S/C15H13BrFNO2/c1-9(18-15-11(16)3-2-4-12(15)17)10-5-6-13-14(7-10)20-8-19-13/h2-7,9,18H,8H2,1H3. The first-order valence-corrected chi connectivity index (χ1v) is 7.04. The Morgan fingerprint density at radius 2 is 2.00 bits per heavy atom. The van der Waals surface area contributed by atoms with E-state index in [1.807, 2.05) is 25.1 Å². The van der Waals surface area contributed by atoms with Crippen LogP contribution in [0, 0.1) is 5.82 Å². The van der Waals surface area contributed by atoms with Crippen LogP contribution in [0.5, 0.6) is 11.5 Å². The summed E-state index contributed by atoms with van der Waals surface area (Å²) in [6.45, 7) is 2.22. The molecule has 0 radical (unpaired) electrons. The first kappa shape index (κ1) is 13.2. The Morgan fingerprint density at radius 3 is 2.80 bits per heavy atom. The topological polar surface area (TPSA) is 30.5 Å². The van der Waals surface area contributed by atoms with Gasteiger partial charge in [-0.2, -0.15) is 0 Å². The molecule has 0 saturated heterocycles. The van der Waals surface area contributed by atoms with Gasteiger partial charge < -0.3 is 14.8 Å². The minimum Gasteiger partial charge on any atom is -0.454 e. The number of para-hydroxylation sites is 1. The molecular formula is C15H13BrFNO2. The van der Waals surface area contributed by atoms with Gasteiger partial charge in [0.25, 0.3) is 0 Å². The first-order valence-electron chi connectivity index (χ1n) is 6.25. The number of hydrogen-bond donors (Lipinski definition) is 1. The molecule has 3 nitrogen and oxygen atoms in total. The van der Waals surface area contributed by atoms with Crippen molar-refractivity contribution < 1.29 is 13.9 Å². The van der Waals surface area contributed by atoms with Crippen LogP contribution in [0.2, 0.25) is 0 Å². The van der Waals surface area contributed by atoms with Crippen LogP contribution >= 0.6 is 15.9 Å². The highest BCUT2D eigenvalue weighted by atomic mass is 79.9. The number of rotatable bonds is 3. The van der Waals surface area contributed by atoms with Gasteiger partial charge >= 0.3 is 0 Å². The summed E-state index contributed by atoms with van der Waals surface area (Å²) in [6, 6.07) is 10.6.